The number of carbonyl (C=O) groups excluding carboxylic acids is 1. The standard InChI is InChI=1S/C15H14Cl2N2O2S/c16-12-5-4-11(13(17)9-12)6-7-18-14(20)10-22-15-3-1-2-8-19(15)21/h1-5,8-9H,6-7,10H2,(H,18,20). The van der Waals surface area contributed by atoms with Gasteiger partial charge < -0.3 is 10.5 Å². The van der Waals surface area contributed by atoms with Crippen LogP contribution >= 0.6 is 35.0 Å². The Kier molecular flexibility index (Phi) is 6.36. The summed E-state index contributed by atoms with van der Waals surface area (Å²) in [4.78, 5) is 11.8. The van der Waals surface area contributed by atoms with Crippen LogP contribution in [0.4, 0.5) is 0 Å². The van der Waals surface area contributed by atoms with Crippen LogP contribution in [0.2, 0.25) is 10.0 Å². The molecule has 1 N–H and O–H groups in total. The lowest BCUT2D eigenvalue weighted by molar-refractivity contribution is -0.645. The van der Waals surface area contributed by atoms with Gasteiger partial charge in [-0.25, -0.2) is 0 Å². The van der Waals surface area contributed by atoms with E-state index in [1.807, 2.05) is 6.07 Å². The second-order valence-corrected chi connectivity index (χ2v) is 6.33. The molecule has 116 valence electrons. The van der Waals surface area contributed by atoms with Crippen molar-refractivity contribution in [1.29, 1.82) is 0 Å². The van der Waals surface area contributed by atoms with Gasteiger partial charge in [-0.2, -0.15) is 4.73 Å². The first-order valence-electron chi connectivity index (χ1n) is 6.58. The minimum Gasteiger partial charge on any atom is -0.618 e. The first-order chi connectivity index (χ1) is 10.6. The average molecular weight is 357 g/mol. The summed E-state index contributed by atoms with van der Waals surface area (Å²) >= 11 is 13.1. The van der Waals surface area contributed by atoms with Crippen molar-refractivity contribution in [2.24, 2.45) is 0 Å². The van der Waals surface area contributed by atoms with Crippen LogP contribution in [-0.2, 0) is 11.2 Å². The number of pyridine rings is 1. The normalized spacial score (nSPS) is 10.5. The molecule has 22 heavy (non-hydrogen) atoms. The molecule has 0 atom stereocenters. The summed E-state index contributed by atoms with van der Waals surface area (Å²) in [5.74, 6) is 0.0691. The van der Waals surface area contributed by atoms with Crippen molar-refractivity contribution in [3.05, 3.63) is 63.4 Å². The highest BCUT2D eigenvalue weighted by molar-refractivity contribution is 7.99. The minimum atomic E-state index is -0.126. The zero-order chi connectivity index (χ0) is 15.9. The Morgan fingerprint density at radius 2 is 2.09 bits per heavy atom. The number of rotatable bonds is 6. The van der Waals surface area contributed by atoms with Crippen LogP contribution in [0.25, 0.3) is 0 Å². The molecule has 1 amide bonds. The summed E-state index contributed by atoms with van der Waals surface area (Å²) in [6.45, 7) is 0.479. The number of nitrogens with one attached hydrogen (secondary N) is 1. The van der Waals surface area contributed by atoms with Crippen LogP contribution in [0.3, 0.4) is 0 Å². The Morgan fingerprint density at radius 1 is 1.27 bits per heavy atom. The topological polar surface area (TPSA) is 56.0 Å². The van der Waals surface area contributed by atoms with E-state index in [1.165, 1.54) is 18.0 Å². The quantitative estimate of drug-likeness (QED) is 0.491. The molecule has 0 spiro atoms. The molecule has 4 nitrogen and oxygen atoms in total. The number of carbonyl (C=O) groups is 1. The lowest BCUT2D eigenvalue weighted by Gasteiger charge is -2.07. The second-order valence-electron chi connectivity index (χ2n) is 4.49. The summed E-state index contributed by atoms with van der Waals surface area (Å²) in [5.41, 5.74) is 0.930. The van der Waals surface area contributed by atoms with Crippen molar-refractivity contribution in [3.63, 3.8) is 0 Å². The van der Waals surface area contributed by atoms with Gasteiger partial charge in [-0.15, -0.1) is 0 Å². The van der Waals surface area contributed by atoms with Crippen LogP contribution in [0.15, 0.2) is 47.6 Å². The van der Waals surface area contributed by atoms with Crippen molar-refractivity contribution in [2.75, 3.05) is 12.3 Å². The van der Waals surface area contributed by atoms with Gasteiger partial charge >= 0.3 is 0 Å². The van der Waals surface area contributed by atoms with Crippen molar-refractivity contribution >= 4 is 40.9 Å². The van der Waals surface area contributed by atoms with E-state index in [2.05, 4.69) is 5.32 Å². The average Bonchev–Trinajstić information content (AvgIpc) is 2.49. The first kappa shape index (κ1) is 16.9. The van der Waals surface area contributed by atoms with Gasteiger partial charge in [0.1, 0.15) is 0 Å². The summed E-state index contributed by atoms with van der Waals surface area (Å²) < 4.78 is 0.741. The molecule has 0 aliphatic carbocycles. The van der Waals surface area contributed by atoms with Gasteiger partial charge in [0.25, 0.3) is 5.03 Å². The molecule has 1 aromatic carbocycles. The van der Waals surface area contributed by atoms with Gasteiger partial charge in [0.05, 0.1) is 5.75 Å². The second kappa shape index (κ2) is 8.27. The number of nitrogens with zero attached hydrogens (tertiary/aromatic N) is 1. The predicted octanol–water partition coefficient (Wildman–Crippen LogP) is 3.08. The van der Waals surface area contributed by atoms with Crippen LogP contribution < -0.4 is 10.0 Å². The maximum Gasteiger partial charge on any atom is 0.251 e. The zero-order valence-corrected chi connectivity index (χ0v) is 13.9. The number of halogens is 2. The molecule has 2 rings (SSSR count). The molecular weight excluding hydrogens is 343 g/mol. The van der Waals surface area contributed by atoms with Crippen LogP contribution in [0.5, 0.6) is 0 Å². The molecule has 1 heterocycles. The maximum atomic E-state index is 11.8. The van der Waals surface area contributed by atoms with E-state index in [9.17, 15) is 10.0 Å². The molecule has 1 aromatic heterocycles. The number of aromatic nitrogens is 1. The number of benzene rings is 1. The van der Waals surface area contributed by atoms with Gasteiger partial charge in [-0.1, -0.05) is 29.3 Å². The van der Waals surface area contributed by atoms with Gasteiger partial charge in [0.2, 0.25) is 5.91 Å². The molecule has 0 aliphatic rings. The van der Waals surface area contributed by atoms with Gasteiger partial charge in [0, 0.05) is 28.7 Å². The Morgan fingerprint density at radius 3 is 2.82 bits per heavy atom. The van der Waals surface area contributed by atoms with E-state index in [-0.39, 0.29) is 11.7 Å². The Bertz CT molecular complexity index is 668. The van der Waals surface area contributed by atoms with Gasteiger partial charge in [-0.3, -0.25) is 4.79 Å². The molecule has 7 heteroatoms. The van der Waals surface area contributed by atoms with E-state index < -0.39 is 0 Å². The fourth-order valence-electron chi connectivity index (χ4n) is 1.78. The molecule has 0 fully saturated rings. The fourth-order valence-corrected chi connectivity index (χ4v) is 3.02. The lowest BCUT2D eigenvalue weighted by atomic mass is 10.1. The number of hydrogen-bond donors (Lipinski definition) is 1. The fraction of sp³-hybridized carbons (Fsp3) is 0.200. The highest BCUT2D eigenvalue weighted by Crippen LogP contribution is 2.21. The highest BCUT2D eigenvalue weighted by Gasteiger charge is 2.09. The van der Waals surface area contributed by atoms with E-state index in [4.69, 9.17) is 23.2 Å². The molecular formula is C15H14Cl2N2O2S. The number of amides is 1. The largest absolute Gasteiger partial charge is 0.618 e. The summed E-state index contributed by atoms with van der Waals surface area (Å²) in [6.07, 6.45) is 2.03. The maximum absolute atomic E-state index is 11.8. The smallest absolute Gasteiger partial charge is 0.251 e. The molecule has 0 unspecified atom stereocenters. The van der Waals surface area contributed by atoms with E-state index in [1.54, 1.807) is 30.3 Å². The molecule has 0 saturated heterocycles. The lowest BCUT2D eigenvalue weighted by Crippen LogP contribution is -2.30. The van der Waals surface area contributed by atoms with Crippen molar-refractivity contribution < 1.29 is 9.52 Å². The summed E-state index contributed by atoms with van der Waals surface area (Å²) in [7, 11) is 0. The molecule has 0 saturated carbocycles. The Hall–Kier alpha value is -1.43. The first-order valence-corrected chi connectivity index (χ1v) is 8.32. The Labute approximate surface area is 143 Å². The SMILES string of the molecule is O=C(CSc1cccc[n+]1[O-])NCCc1ccc(Cl)cc1Cl. The summed E-state index contributed by atoms with van der Waals surface area (Å²) in [6, 6.07) is 10.4. The Balaban J connectivity index is 1.75. The highest BCUT2D eigenvalue weighted by atomic mass is 35.5. The molecule has 2 aromatic rings. The monoisotopic (exact) mass is 356 g/mol. The minimum absolute atomic E-state index is 0.126. The zero-order valence-electron chi connectivity index (χ0n) is 11.6. The molecule has 0 aliphatic heterocycles. The van der Waals surface area contributed by atoms with Gasteiger partial charge in [-0.05, 0) is 41.9 Å². The third-order valence-corrected chi connectivity index (χ3v) is 4.48. The van der Waals surface area contributed by atoms with E-state index >= 15 is 0 Å². The number of thioether (sulfide) groups is 1. The van der Waals surface area contributed by atoms with Crippen LogP contribution in [0.1, 0.15) is 5.56 Å². The number of hydrogen-bond acceptors (Lipinski definition) is 3. The van der Waals surface area contributed by atoms with Gasteiger partial charge in [0.15, 0.2) is 6.20 Å². The third-order valence-electron chi connectivity index (χ3n) is 2.87. The molecule has 0 bridgehead atoms. The van der Waals surface area contributed by atoms with E-state index in [0.29, 0.717) is 28.0 Å². The van der Waals surface area contributed by atoms with Crippen molar-refractivity contribution in [3.8, 4) is 0 Å². The van der Waals surface area contributed by atoms with E-state index in [0.717, 1.165) is 10.3 Å². The van der Waals surface area contributed by atoms with Crippen molar-refractivity contribution in [2.45, 2.75) is 11.4 Å². The predicted molar refractivity (Wildman–Crippen MR) is 89.3 cm³/mol. The summed E-state index contributed by atoms with van der Waals surface area (Å²) in [5, 5.41) is 15.9. The molecule has 0 radical (unpaired) electrons. The van der Waals surface area contributed by atoms with Crippen LogP contribution in [0, 0.1) is 5.21 Å². The van der Waals surface area contributed by atoms with Crippen molar-refractivity contribution in [1.82, 2.24) is 5.32 Å². The third kappa shape index (κ3) is 5.09. The van der Waals surface area contributed by atoms with Crippen LogP contribution in [-0.4, -0.2) is 18.2 Å².